The molecule has 2 aromatic rings. The van der Waals surface area contributed by atoms with Gasteiger partial charge in [0.2, 0.25) is 0 Å². The van der Waals surface area contributed by atoms with Crippen molar-refractivity contribution >= 4 is 11.8 Å². The van der Waals surface area contributed by atoms with Crippen LogP contribution in [0.15, 0.2) is 42.7 Å². The maximum atomic E-state index is 12.8. The average Bonchev–Trinajstić information content (AvgIpc) is 2.47. The van der Waals surface area contributed by atoms with E-state index < -0.39 is 17.8 Å². The van der Waals surface area contributed by atoms with E-state index in [2.05, 4.69) is 10.3 Å². The number of anilines is 1. The molecule has 0 bridgehead atoms. The van der Waals surface area contributed by atoms with E-state index in [1.165, 1.54) is 12.3 Å². The SMILES string of the molecule is CCOC(=O)Nc1cc(C(F)(F)F)ccc1-c1cccnc1. The van der Waals surface area contributed by atoms with Crippen LogP contribution >= 0.6 is 0 Å². The molecule has 1 aromatic heterocycles. The zero-order valence-corrected chi connectivity index (χ0v) is 11.6. The highest BCUT2D eigenvalue weighted by Crippen LogP contribution is 2.35. The molecule has 0 unspecified atom stereocenters. The Balaban J connectivity index is 2.46. The van der Waals surface area contributed by atoms with Crippen LogP contribution in [-0.4, -0.2) is 17.7 Å². The van der Waals surface area contributed by atoms with Crippen LogP contribution in [0.5, 0.6) is 0 Å². The van der Waals surface area contributed by atoms with E-state index >= 15 is 0 Å². The molecule has 0 aliphatic heterocycles. The smallest absolute Gasteiger partial charge is 0.416 e. The van der Waals surface area contributed by atoms with Crippen LogP contribution in [0.25, 0.3) is 11.1 Å². The van der Waals surface area contributed by atoms with Crippen molar-refractivity contribution in [3.63, 3.8) is 0 Å². The number of aromatic nitrogens is 1. The van der Waals surface area contributed by atoms with E-state index in [0.717, 1.165) is 12.1 Å². The Hall–Kier alpha value is -2.57. The number of benzene rings is 1. The van der Waals surface area contributed by atoms with Gasteiger partial charge in [-0.1, -0.05) is 12.1 Å². The second-order valence-corrected chi connectivity index (χ2v) is 4.35. The summed E-state index contributed by atoms with van der Waals surface area (Å²) in [5, 5.41) is 2.33. The summed E-state index contributed by atoms with van der Waals surface area (Å²) in [4.78, 5) is 15.4. The fraction of sp³-hybridized carbons (Fsp3) is 0.200. The number of ether oxygens (including phenoxy) is 1. The van der Waals surface area contributed by atoms with Gasteiger partial charge < -0.3 is 4.74 Å². The third-order valence-electron chi connectivity index (χ3n) is 2.83. The number of hydrogen-bond donors (Lipinski definition) is 1. The first kappa shape index (κ1) is 15.8. The molecule has 22 heavy (non-hydrogen) atoms. The number of nitrogens with one attached hydrogen (secondary N) is 1. The van der Waals surface area contributed by atoms with E-state index in [1.54, 1.807) is 25.3 Å². The quantitative estimate of drug-likeness (QED) is 0.917. The van der Waals surface area contributed by atoms with Crippen LogP contribution < -0.4 is 5.32 Å². The van der Waals surface area contributed by atoms with E-state index in [1.807, 2.05) is 0 Å². The van der Waals surface area contributed by atoms with Gasteiger partial charge in [0.05, 0.1) is 17.9 Å². The predicted octanol–water partition coefficient (Wildman–Crippen LogP) is 4.34. The van der Waals surface area contributed by atoms with Gasteiger partial charge in [-0.3, -0.25) is 10.3 Å². The van der Waals surface area contributed by atoms with Crippen LogP contribution in [0.3, 0.4) is 0 Å². The monoisotopic (exact) mass is 310 g/mol. The summed E-state index contributed by atoms with van der Waals surface area (Å²) in [6.07, 6.45) is -2.27. The summed E-state index contributed by atoms with van der Waals surface area (Å²) >= 11 is 0. The Kier molecular flexibility index (Phi) is 4.65. The van der Waals surface area contributed by atoms with Crippen molar-refractivity contribution in [1.82, 2.24) is 4.98 Å². The molecule has 1 heterocycles. The Morgan fingerprint density at radius 1 is 1.32 bits per heavy atom. The number of pyridine rings is 1. The Bertz CT molecular complexity index is 658. The third kappa shape index (κ3) is 3.75. The van der Waals surface area contributed by atoms with Gasteiger partial charge in [0.1, 0.15) is 0 Å². The molecule has 1 aromatic carbocycles. The minimum absolute atomic E-state index is 0.0151. The molecule has 0 spiro atoms. The summed E-state index contributed by atoms with van der Waals surface area (Å²) in [7, 11) is 0. The van der Waals surface area contributed by atoms with Crippen molar-refractivity contribution in [2.45, 2.75) is 13.1 Å². The first-order valence-corrected chi connectivity index (χ1v) is 6.47. The van der Waals surface area contributed by atoms with E-state index in [9.17, 15) is 18.0 Å². The molecular formula is C15H13F3N2O2. The van der Waals surface area contributed by atoms with Crippen molar-refractivity contribution in [1.29, 1.82) is 0 Å². The molecule has 1 amide bonds. The molecule has 0 aliphatic carbocycles. The lowest BCUT2D eigenvalue weighted by molar-refractivity contribution is -0.137. The fourth-order valence-electron chi connectivity index (χ4n) is 1.87. The predicted molar refractivity (Wildman–Crippen MR) is 75.3 cm³/mol. The second-order valence-electron chi connectivity index (χ2n) is 4.35. The lowest BCUT2D eigenvalue weighted by atomic mass is 10.0. The lowest BCUT2D eigenvalue weighted by Crippen LogP contribution is -2.15. The van der Waals surface area contributed by atoms with Gasteiger partial charge in [-0.15, -0.1) is 0 Å². The number of carbonyl (C=O) groups excluding carboxylic acids is 1. The van der Waals surface area contributed by atoms with Gasteiger partial charge in [-0.25, -0.2) is 4.79 Å². The van der Waals surface area contributed by atoms with Crippen LogP contribution in [-0.2, 0) is 10.9 Å². The number of hydrogen-bond acceptors (Lipinski definition) is 3. The van der Waals surface area contributed by atoms with Gasteiger partial charge in [-0.05, 0) is 25.1 Å². The van der Waals surface area contributed by atoms with Crippen LogP contribution in [0, 0.1) is 0 Å². The van der Waals surface area contributed by atoms with Crippen LogP contribution in [0.4, 0.5) is 23.7 Å². The molecular weight excluding hydrogens is 297 g/mol. The molecule has 0 saturated heterocycles. The van der Waals surface area contributed by atoms with E-state index in [0.29, 0.717) is 11.1 Å². The normalized spacial score (nSPS) is 11.1. The average molecular weight is 310 g/mol. The van der Waals surface area contributed by atoms with E-state index in [-0.39, 0.29) is 12.3 Å². The molecule has 4 nitrogen and oxygen atoms in total. The number of amides is 1. The minimum atomic E-state index is -4.50. The summed E-state index contributed by atoms with van der Waals surface area (Å²) in [5.74, 6) is 0. The Labute approximate surface area is 124 Å². The van der Waals surface area contributed by atoms with Crippen LogP contribution in [0.1, 0.15) is 12.5 Å². The van der Waals surface area contributed by atoms with Gasteiger partial charge in [0.25, 0.3) is 0 Å². The zero-order valence-electron chi connectivity index (χ0n) is 11.6. The molecule has 0 saturated carbocycles. The maximum Gasteiger partial charge on any atom is 0.416 e. The van der Waals surface area contributed by atoms with Gasteiger partial charge >= 0.3 is 12.3 Å². The minimum Gasteiger partial charge on any atom is -0.450 e. The third-order valence-corrected chi connectivity index (χ3v) is 2.83. The molecule has 0 radical (unpaired) electrons. The Morgan fingerprint density at radius 2 is 2.09 bits per heavy atom. The zero-order chi connectivity index (χ0) is 16.2. The van der Waals surface area contributed by atoms with Crippen LogP contribution in [0.2, 0.25) is 0 Å². The fourth-order valence-corrected chi connectivity index (χ4v) is 1.87. The largest absolute Gasteiger partial charge is 0.450 e. The topological polar surface area (TPSA) is 51.2 Å². The first-order chi connectivity index (χ1) is 10.4. The van der Waals surface area contributed by atoms with Gasteiger partial charge in [0, 0.05) is 23.5 Å². The second kappa shape index (κ2) is 6.46. The molecule has 7 heteroatoms. The molecule has 0 fully saturated rings. The Morgan fingerprint density at radius 3 is 2.68 bits per heavy atom. The number of nitrogens with zero attached hydrogens (tertiary/aromatic N) is 1. The summed E-state index contributed by atoms with van der Waals surface area (Å²) in [6, 6.07) is 6.46. The first-order valence-electron chi connectivity index (χ1n) is 6.47. The lowest BCUT2D eigenvalue weighted by Gasteiger charge is -2.14. The summed E-state index contributed by atoms with van der Waals surface area (Å²) in [6.45, 7) is 1.72. The van der Waals surface area contributed by atoms with Crippen molar-refractivity contribution in [3.05, 3.63) is 48.3 Å². The van der Waals surface area contributed by atoms with E-state index in [4.69, 9.17) is 4.74 Å². The van der Waals surface area contributed by atoms with Gasteiger partial charge in [-0.2, -0.15) is 13.2 Å². The molecule has 1 N–H and O–H groups in total. The van der Waals surface area contributed by atoms with Crippen molar-refractivity contribution in [2.75, 3.05) is 11.9 Å². The highest BCUT2D eigenvalue weighted by molar-refractivity contribution is 5.91. The molecule has 0 atom stereocenters. The standard InChI is InChI=1S/C15H13F3N2O2/c1-2-22-14(21)20-13-8-11(15(16,17)18)5-6-12(13)10-4-3-7-19-9-10/h3-9H,2H2,1H3,(H,20,21). The molecule has 2 rings (SSSR count). The van der Waals surface area contributed by atoms with Gasteiger partial charge in [0.15, 0.2) is 0 Å². The molecule has 0 aliphatic rings. The maximum absolute atomic E-state index is 12.8. The molecule has 116 valence electrons. The van der Waals surface area contributed by atoms with Crippen molar-refractivity contribution < 1.29 is 22.7 Å². The van der Waals surface area contributed by atoms with Crippen molar-refractivity contribution in [2.24, 2.45) is 0 Å². The number of rotatable bonds is 3. The highest BCUT2D eigenvalue weighted by atomic mass is 19.4. The van der Waals surface area contributed by atoms with Crippen molar-refractivity contribution in [3.8, 4) is 11.1 Å². The summed E-state index contributed by atoms with van der Waals surface area (Å²) < 4.78 is 43.2. The summed E-state index contributed by atoms with van der Waals surface area (Å²) in [5.41, 5.74) is 0.172. The number of carbonyl (C=O) groups is 1. The number of halogens is 3. The number of alkyl halides is 3. The highest BCUT2D eigenvalue weighted by Gasteiger charge is 2.31.